The minimum atomic E-state index is -0.233. The standard InChI is InChI=1S/C13H25N3O2/c1-3-7-15-13(18)11(2)14-8-6-12(17)16-9-4-5-10-16/h11,14H,3-10H2,1-2H3,(H,15,18). The Hall–Kier alpha value is -1.10. The summed E-state index contributed by atoms with van der Waals surface area (Å²) in [7, 11) is 0. The van der Waals surface area contributed by atoms with Crippen molar-refractivity contribution in [1.82, 2.24) is 15.5 Å². The summed E-state index contributed by atoms with van der Waals surface area (Å²) in [4.78, 5) is 25.2. The van der Waals surface area contributed by atoms with Gasteiger partial charge in [-0.15, -0.1) is 0 Å². The molecule has 18 heavy (non-hydrogen) atoms. The van der Waals surface area contributed by atoms with E-state index in [-0.39, 0.29) is 17.9 Å². The Balaban J connectivity index is 2.12. The number of nitrogens with zero attached hydrogens (tertiary/aromatic N) is 1. The van der Waals surface area contributed by atoms with Gasteiger partial charge in [0.05, 0.1) is 6.04 Å². The van der Waals surface area contributed by atoms with Gasteiger partial charge in [0.15, 0.2) is 0 Å². The highest BCUT2D eigenvalue weighted by Crippen LogP contribution is 2.08. The molecule has 1 fully saturated rings. The monoisotopic (exact) mass is 255 g/mol. The van der Waals surface area contributed by atoms with Crippen LogP contribution in [0.15, 0.2) is 0 Å². The minimum Gasteiger partial charge on any atom is -0.355 e. The quantitative estimate of drug-likeness (QED) is 0.696. The average molecular weight is 255 g/mol. The number of carbonyl (C=O) groups is 2. The molecule has 5 nitrogen and oxygen atoms in total. The van der Waals surface area contributed by atoms with Crippen LogP contribution >= 0.6 is 0 Å². The molecule has 1 rings (SSSR count). The third kappa shape index (κ3) is 5.04. The van der Waals surface area contributed by atoms with E-state index in [4.69, 9.17) is 0 Å². The Kier molecular flexibility index (Phi) is 6.72. The van der Waals surface area contributed by atoms with E-state index in [2.05, 4.69) is 10.6 Å². The molecule has 0 aliphatic carbocycles. The van der Waals surface area contributed by atoms with Gasteiger partial charge in [0, 0.05) is 32.6 Å². The van der Waals surface area contributed by atoms with Crippen LogP contribution in [0.5, 0.6) is 0 Å². The van der Waals surface area contributed by atoms with Crippen LogP contribution in [-0.4, -0.2) is 48.9 Å². The van der Waals surface area contributed by atoms with E-state index in [1.807, 2.05) is 18.7 Å². The Morgan fingerprint density at radius 1 is 1.22 bits per heavy atom. The molecule has 1 heterocycles. The first-order valence-electron chi connectivity index (χ1n) is 6.94. The van der Waals surface area contributed by atoms with Crippen molar-refractivity contribution in [2.45, 2.75) is 45.6 Å². The molecule has 0 bridgehead atoms. The Bertz CT molecular complexity index is 275. The molecule has 1 atom stereocenters. The maximum atomic E-state index is 11.8. The van der Waals surface area contributed by atoms with Gasteiger partial charge in [0.1, 0.15) is 0 Å². The molecule has 0 aromatic heterocycles. The van der Waals surface area contributed by atoms with Crippen LogP contribution in [0.1, 0.15) is 39.5 Å². The molecule has 1 aliphatic rings. The van der Waals surface area contributed by atoms with Crippen molar-refractivity contribution in [3.05, 3.63) is 0 Å². The molecule has 5 heteroatoms. The lowest BCUT2D eigenvalue weighted by molar-refractivity contribution is -0.130. The second kappa shape index (κ2) is 8.08. The van der Waals surface area contributed by atoms with Gasteiger partial charge in [-0.2, -0.15) is 0 Å². The predicted octanol–water partition coefficient (Wildman–Crippen LogP) is 0.503. The van der Waals surface area contributed by atoms with Crippen LogP contribution in [0.3, 0.4) is 0 Å². The highest BCUT2D eigenvalue weighted by atomic mass is 16.2. The third-order valence-electron chi connectivity index (χ3n) is 3.19. The fourth-order valence-corrected chi connectivity index (χ4v) is 2.01. The smallest absolute Gasteiger partial charge is 0.236 e. The van der Waals surface area contributed by atoms with Crippen molar-refractivity contribution in [2.24, 2.45) is 0 Å². The molecule has 1 aliphatic heterocycles. The summed E-state index contributed by atoms with van der Waals surface area (Å²) in [5, 5.41) is 5.91. The van der Waals surface area contributed by atoms with Crippen molar-refractivity contribution in [3.8, 4) is 0 Å². The Morgan fingerprint density at radius 3 is 2.50 bits per heavy atom. The van der Waals surface area contributed by atoms with Crippen LogP contribution in [-0.2, 0) is 9.59 Å². The first kappa shape index (κ1) is 15.0. The molecule has 0 saturated carbocycles. The third-order valence-corrected chi connectivity index (χ3v) is 3.19. The summed E-state index contributed by atoms with van der Waals surface area (Å²) in [6, 6.07) is -0.233. The van der Waals surface area contributed by atoms with Crippen molar-refractivity contribution < 1.29 is 9.59 Å². The number of hydrogen-bond acceptors (Lipinski definition) is 3. The number of carbonyl (C=O) groups excluding carboxylic acids is 2. The molecule has 2 N–H and O–H groups in total. The lowest BCUT2D eigenvalue weighted by Gasteiger charge is -2.17. The number of likely N-dealkylation sites (tertiary alicyclic amines) is 1. The number of amides is 2. The lowest BCUT2D eigenvalue weighted by Crippen LogP contribution is -2.43. The Morgan fingerprint density at radius 2 is 1.89 bits per heavy atom. The first-order valence-corrected chi connectivity index (χ1v) is 6.94. The van der Waals surface area contributed by atoms with Gasteiger partial charge in [-0.3, -0.25) is 9.59 Å². The fraction of sp³-hybridized carbons (Fsp3) is 0.846. The van der Waals surface area contributed by atoms with Gasteiger partial charge >= 0.3 is 0 Å². The zero-order valence-electron chi connectivity index (χ0n) is 11.5. The van der Waals surface area contributed by atoms with Gasteiger partial charge in [-0.25, -0.2) is 0 Å². The molecular formula is C13H25N3O2. The summed E-state index contributed by atoms with van der Waals surface area (Å²) in [5.41, 5.74) is 0. The normalized spacial score (nSPS) is 16.7. The molecular weight excluding hydrogens is 230 g/mol. The summed E-state index contributed by atoms with van der Waals surface area (Å²) < 4.78 is 0. The van der Waals surface area contributed by atoms with Crippen molar-refractivity contribution >= 4 is 11.8 Å². The van der Waals surface area contributed by atoms with Crippen LogP contribution in [0.25, 0.3) is 0 Å². The zero-order chi connectivity index (χ0) is 13.4. The van der Waals surface area contributed by atoms with Gasteiger partial charge in [0.25, 0.3) is 0 Å². The SMILES string of the molecule is CCCNC(=O)C(C)NCCC(=O)N1CCCC1. The molecule has 1 unspecified atom stereocenters. The van der Waals surface area contributed by atoms with Crippen molar-refractivity contribution in [1.29, 1.82) is 0 Å². The van der Waals surface area contributed by atoms with Crippen LogP contribution < -0.4 is 10.6 Å². The van der Waals surface area contributed by atoms with Gasteiger partial charge < -0.3 is 15.5 Å². The predicted molar refractivity (Wildman–Crippen MR) is 71.2 cm³/mol. The molecule has 104 valence electrons. The zero-order valence-corrected chi connectivity index (χ0v) is 11.5. The van der Waals surface area contributed by atoms with Crippen molar-refractivity contribution in [2.75, 3.05) is 26.2 Å². The second-order valence-electron chi connectivity index (χ2n) is 4.80. The fourth-order valence-electron chi connectivity index (χ4n) is 2.01. The van der Waals surface area contributed by atoms with Gasteiger partial charge in [0.2, 0.25) is 11.8 Å². The van der Waals surface area contributed by atoms with E-state index >= 15 is 0 Å². The number of nitrogens with one attached hydrogen (secondary N) is 2. The van der Waals surface area contributed by atoms with E-state index < -0.39 is 0 Å². The maximum Gasteiger partial charge on any atom is 0.236 e. The van der Waals surface area contributed by atoms with Crippen LogP contribution in [0.2, 0.25) is 0 Å². The summed E-state index contributed by atoms with van der Waals surface area (Å²) in [6.45, 7) is 6.91. The highest BCUT2D eigenvalue weighted by Gasteiger charge is 2.18. The van der Waals surface area contributed by atoms with E-state index in [1.54, 1.807) is 0 Å². The Labute approximate surface area is 109 Å². The summed E-state index contributed by atoms with van der Waals surface area (Å²) in [6.07, 6.45) is 3.65. The van der Waals surface area contributed by atoms with Gasteiger partial charge in [-0.1, -0.05) is 6.92 Å². The first-order chi connectivity index (χ1) is 8.65. The molecule has 1 saturated heterocycles. The average Bonchev–Trinajstić information content (AvgIpc) is 2.89. The second-order valence-corrected chi connectivity index (χ2v) is 4.80. The van der Waals surface area contributed by atoms with E-state index in [1.165, 1.54) is 0 Å². The van der Waals surface area contributed by atoms with Crippen LogP contribution in [0.4, 0.5) is 0 Å². The summed E-state index contributed by atoms with van der Waals surface area (Å²) in [5.74, 6) is 0.201. The van der Waals surface area contributed by atoms with E-state index in [9.17, 15) is 9.59 Å². The maximum absolute atomic E-state index is 11.8. The highest BCUT2D eigenvalue weighted by molar-refractivity contribution is 5.81. The number of rotatable bonds is 7. The minimum absolute atomic E-state index is 0.00507. The van der Waals surface area contributed by atoms with E-state index in [0.29, 0.717) is 19.5 Å². The summed E-state index contributed by atoms with van der Waals surface area (Å²) >= 11 is 0. The molecule has 0 radical (unpaired) electrons. The van der Waals surface area contributed by atoms with Gasteiger partial charge in [-0.05, 0) is 26.2 Å². The van der Waals surface area contributed by atoms with Crippen molar-refractivity contribution in [3.63, 3.8) is 0 Å². The number of hydrogen-bond donors (Lipinski definition) is 2. The lowest BCUT2D eigenvalue weighted by atomic mass is 10.3. The largest absolute Gasteiger partial charge is 0.355 e. The molecule has 0 spiro atoms. The van der Waals surface area contributed by atoms with Crippen LogP contribution in [0, 0.1) is 0 Å². The van der Waals surface area contributed by atoms with E-state index in [0.717, 1.165) is 32.4 Å². The molecule has 0 aromatic rings. The topological polar surface area (TPSA) is 61.4 Å². The molecule has 2 amide bonds. The molecule has 0 aromatic carbocycles.